The molecule has 1 rings (SSSR count). The van der Waals surface area contributed by atoms with Crippen molar-refractivity contribution in [2.75, 3.05) is 0 Å². The maximum atomic E-state index is 9.87. The summed E-state index contributed by atoms with van der Waals surface area (Å²) in [7, 11) is -10.7. The molecule has 0 amide bonds. The predicted molar refractivity (Wildman–Crippen MR) is 52.2 cm³/mol. The van der Waals surface area contributed by atoms with Gasteiger partial charge in [-0.25, -0.2) is 4.52 Å². The van der Waals surface area contributed by atoms with Gasteiger partial charge in [0.1, 0.15) is 0 Å². The molecule has 1 aromatic rings. The van der Waals surface area contributed by atoms with Crippen LogP contribution in [0.15, 0.2) is 16.8 Å². The first-order chi connectivity index (χ1) is 6.95. The van der Waals surface area contributed by atoms with Gasteiger partial charge in [0, 0.05) is 27.7 Å². The molecular weight excluding hydrogens is 271 g/mol. The zero-order valence-electron chi connectivity index (χ0n) is 9.73. The van der Waals surface area contributed by atoms with Crippen molar-refractivity contribution < 1.29 is 34.4 Å². The van der Waals surface area contributed by atoms with E-state index in [2.05, 4.69) is 20.8 Å². The molecule has 17 heavy (non-hydrogen) atoms. The fourth-order valence-corrected chi connectivity index (χ4v) is 0.749. The summed E-state index contributed by atoms with van der Waals surface area (Å²) < 4.78 is 66.4. The van der Waals surface area contributed by atoms with Gasteiger partial charge in [0.2, 0.25) is 11.7 Å². The summed E-state index contributed by atoms with van der Waals surface area (Å²) in [5.41, 5.74) is 0.0637. The topological polar surface area (TPSA) is 17.0 Å². The van der Waals surface area contributed by atoms with Crippen LogP contribution >= 0.6 is 7.81 Å². The Labute approximate surface area is 94.4 Å². The van der Waals surface area contributed by atoms with Gasteiger partial charge in [0.15, 0.2) is 5.76 Å². The van der Waals surface area contributed by atoms with Gasteiger partial charge < -0.3 is 0 Å². The molecule has 0 aliphatic heterocycles. The first kappa shape index (κ1) is 16.2. The maximum absolute atomic E-state index is 10.7. The van der Waals surface area contributed by atoms with Crippen molar-refractivity contribution in [1.29, 1.82) is 0 Å². The number of halogens is 6. The van der Waals surface area contributed by atoms with Gasteiger partial charge in [-0.15, -0.1) is 0 Å². The second kappa shape index (κ2) is 3.60. The van der Waals surface area contributed by atoms with Crippen molar-refractivity contribution in [3.63, 3.8) is 0 Å². The fourth-order valence-electron chi connectivity index (χ4n) is 0.749. The second-order valence-corrected chi connectivity index (χ2v) is 6.39. The minimum absolute atomic E-state index is 0.0637. The van der Waals surface area contributed by atoms with Gasteiger partial charge in [-0.3, -0.25) is 0 Å². The number of rotatable bonds is 0. The van der Waals surface area contributed by atoms with E-state index in [0.29, 0.717) is 0 Å². The van der Waals surface area contributed by atoms with E-state index < -0.39 is 7.81 Å². The standard InChI is InChI=1S/C8H14NO.F6P/c1-7-5-6-9(10-7)8(2,3)4;1-7(2,3,4,5)6/h5-6H,1-4H3;/q+1;-1. The Hall–Kier alpha value is -0.780. The second-order valence-electron chi connectivity index (χ2n) is 4.47. The molecule has 0 spiro atoms. The zero-order valence-corrected chi connectivity index (χ0v) is 10.6. The van der Waals surface area contributed by atoms with Gasteiger partial charge in [-0.2, -0.15) is 0 Å². The van der Waals surface area contributed by atoms with Gasteiger partial charge >= 0.3 is 33.0 Å². The van der Waals surface area contributed by atoms with Crippen molar-refractivity contribution in [1.82, 2.24) is 0 Å². The van der Waals surface area contributed by atoms with Crippen LogP contribution in [0, 0.1) is 6.92 Å². The third-order valence-corrected chi connectivity index (χ3v) is 1.35. The van der Waals surface area contributed by atoms with Crippen molar-refractivity contribution in [3.05, 3.63) is 18.0 Å². The third kappa shape index (κ3) is 13.2. The summed E-state index contributed by atoms with van der Waals surface area (Å²) in [5, 5.41) is 0. The summed E-state index contributed by atoms with van der Waals surface area (Å²) in [6.07, 6.45) is 1.95. The number of aromatic nitrogens is 1. The van der Waals surface area contributed by atoms with Crippen LogP contribution in [-0.4, -0.2) is 0 Å². The predicted octanol–water partition coefficient (Wildman–Crippen LogP) is 5.01. The Balaban J connectivity index is 0.000000325. The van der Waals surface area contributed by atoms with Crippen LogP contribution in [0.1, 0.15) is 26.5 Å². The van der Waals surface area contributed by atoms with Crippen LogP contribution in [0.5, 0.6) is 0 Å². The molecule has 0 saturated carbocycles. The first-order valence-electron chi connectivity index (χ1n) is 4.50. The summed E-state index contributed by atoms with van der Waals surface area (Å²) in [4.78, 5) is 0. The molecule has 0 radical (unpaired) electrons. The third-order valence-electron chi connectivity index (χ3n) is 1.35. The van der Waals surface area contributed by atoms with E-state index in [1.165, 1.54) is 0 Å². The molecule has 0 saturated heterocycles. The summed E-state index contributed by atoms with van der Waals surface area (Å²) in [5.74, 6) is 0.954. The molecule has 9 heteroatoms. The molecule has 0 aliphatic carbocycles. The molecule has 0 bridgehead atoms. The minimum atomic E-state index is -10.7. The van der Waals surface area contributed by atoms with E-state index in [-0.39, 0.29) is 5.54 Å². The Bertz CT molecular complexity index is 375. The van der Waals surface area contributed by atoms with E-state index >= 15 is 0 Å². The summed E-state index contributed by atoms with van der Waals surface area (Å²) in [6, 6.07) is 1.96. The first-order valence-corrected chi connectivity index (χ1v) is 6.53. The van der Waals surface area contributed by atoms with Crippen LogP contribution in [-0.2, 0) is 5.54 Å². The molecule has 0 aromatic carbocycles. The zero-order chi connectivity index (χ0) is 14.2. The number of hydrogen-bond donors (Lipinski definition) is 0. The van der Waals surface area contributed by atoms with Crippen molar-refractivity contribution >= 4 is 7.81 Å². The Morgan fingerprint density at radius 3 is 1.53 bits per heavy atom. The van der Waals surface area contributed by atoms with Crippen molar-refractivity contribution in [2.45, 2.75) is 33.2 Å². The Morgan fingerprint density at radius 1 is 1.06 bits per heavy atom. The van der Waals surface area contributed by atoms with E-state index in [4.69, 9.17) is 4.52 Å². The molecule has 2 nitrogen and oxygen atoms in total. The Morgan fingerprint density at radius 2 is 1.41 bits per heavy atom. The monoisotopic (exact) mass is 285 g/mol. The van der Waals surface area contributed by atoms with Gasteiger partial charge in [0.25, 0.3) is 0 Å². The SMILES string of the molecule is Cc1cc[n+](C(C)(C)C)o1.F[P-](F)(F)(F)(F)F. The molecule has 1 heterocycles. The molecule has 1 aromatic heterocycles. The van der Waals surface area contributed by atoms with Crippen molar-refractivity contribution in [3.8, 4) is 0 Å². The van der Waals surface area contributed by atoms with E-state index in [0.717, 1.165) is 5.76 Å². The molecule has 0 N–H and O–H groups in total. The fraction of sp³-hybridized carbons (Fsp3) is 0.625. The van der Waals surface area contributed by atoms with Gasteiger partial charge in [0.05, 0.1) is 6.07 Å². The van der Waals surface area contributed by atoms with Gasteiger partial charge in [-0.1, -0.05) is 0 Å². The Kier molecular flexibility index (Phi) is 3.44. The quantitative estimate of drug-likeness (QED) is 0.372. The van der Waals surface area contributed by atoms with Crippen LogP contribution < -0.4 is 4.74 Å². The van der Waals surface area contributed by atoms with Crippen molar-refractivity contribution in [2.24, 2.45) is 0 Å². The molecule has 0 aliphatic rings. The van der Waals surface area contributed by atoms with E-state index in [1.54, 1.807) is 0 Å². The van der Waals surface area contributed by atoms with Crippen LogP contribution in [0.25, 0.3) is 0 Å². The molecular formula is C8H14F6NOP. The van der Waals surface area contributed by atoms with Crippen LogP contribution in [0.2, 0.25) is 0 Å². The molecule has 104 valence electrons. The number of hydrogen-bond acceptors (Lipinski definition) is 1. The average molecular weight is 285 g/mol. The van der Waals surface area contributed by atoms with E-state index in [1.807, 2.05) is 23.9 Å². The average Bonchev–Trinajstić information content (AvgIpc) is 2.25. The van der Waals surface area contributed by atoms with Gasteiger partial charge in [-0.05, 0) is 4.74 Å². The summed E-state index contributed by atoms with van der Waals surface area (Å²) in [6.45, 7) is 8.27. The normalized spacial score (nSPS) is 16.6. The van der Waals surface area contributed by atoms with Crippen LogP contribution in [0.3, 0.4) is 0 Å². The molecule has 0 fully saturated rings. The van der Waals surface area contributed by atoms with E-state index in [9.17, 15) is 25.2 Å². The number of aryl methyl sites for hydroxylation is 1. The summed E-state index contributed by atoms with van der Waals surface area (Å²) >= 11 is 0. The number of nitrogens with zero attached hydrogens (tertiary/aromatic N) is 1. The molecule has 0 unspecified atom stereocenters. The van der Waals surface area contributed by atoms with Crippen LogP contribution in [0.4, 0.5) is 25.2 Å². The molecule has 0 atom stereocenters.